The topological polar surface area (TPSA) is 68.0 Å². The summed E-state index contributed by atoms with van der Waals surface area (Å²) in [6, 6.07) is 1.65. The smallest absolute Gasteiger partial charge is 0.254 e. The predicted octanol–water partition coefficient (Wildman–Crippen LogP) is 2.87. The van der Waals surface area contributed by atoms with E-state index in [1.54, 1.807) is 6.07 Å². The summed E-state index contributed by atoms with van der Waals surface area (Å²) in [5.74, 6) is 0.237. The van der Waals surface area contributed by atoms with Gasteiger partial charge in [-0.05, 0) is 18.9 Å². The number of amides is 1. The van der Waals surface area contributed by atoms with Gasteiger partial charge in [-0.25, -0.2) is 4.98 Å². The van der Waals surface area contributed by atoms with E-state index in [0.717, 1.165) is 12.8 Å². The van der Waals surface area contributed by atoms with Crippen molar-refractivity contribution in [3.8, 4) is 0 Å². The molecular weight excluding hydrogens is 250 g/mol. The number of rotatable bonds is 5. The molecule has 0 aromatic carbocycles. The third-order valence-electron chi connectivity index (χ3n) is 3.22. The van der Waals surface area contributed by atoms with Gasteiger partial charge in [0.15, 0.2) is 0 Å². The molecule has 1 atom stereocenters. The molecule has 0 radical (unpaired) electrons. The van der Waals surface area contributed by atoms with Crippen molar-refractivity contribution in [2.75, 3.05) is 5.73 Å². The van der Waals surface area contributed by atoms with E-state index in [2.05, 4.69) is 24.1 Å². The van der Waals surface area contributed by atoms with Crippen molar-refractivity contribution in [2.45, 2.75) is 39.7 Å². The van der Waals surface area contributed by atoms with Crippen molar-refractivity contribution in [1.82, 2.24) is 10.3 Å². The lowest BCUT2D eigenvalue weighted by Crippen LogP contribution is -2.38. The van der Waals surface area contributed by atoms with Crippen LogP contribution in [0.3, 0.4) is 0 Å². The number of aromatic nitrogens is 1. The van der Waals surface area contributed by atoms with Crippen molar-refractivity contribution in [1.29, 1.82) is 0 Å². The third-order valence-corrected chi connectivity index (χ3v) is 3.52. The highest BCUT2D eigenvalue weighted by atomic mass is 35.5. The van der Waals surface area contributed by atoms with E-state index in [-0.39, 0.29) is 17.1 Å². The first-order valence-electron chi connectivity index (χ1n) is 6.21. The SMILES string of the molecule is CCC(CC)C(C)NC(=O)c1cc(N)cnc1Cl. The monoisotopic (exact) mass is 269 g/mol. The van der Waals surface area contributed by atoms with Crippen LogP contribution in [0.5, 0.6) is 0 Å². The first-order chi connectivity index (χ1) is 8.49. The number of pyridine rings is 1. The zero-order valence-electron chi connectivity index (χ0n) is 11.0. The Bertz CT molecular complexity index is 419. The van der Waals surface area contributed by atoms with Crippen molar-refractivity contribution in [3.63, 3.8) is 0 Å². The van der Waals surface area contributed by atoms with E-state index in [4.69, 9.17) is 17.3 Å². The maximum absolute atomic E-state index is 12.1. The Morgan fingerprint density at radius 3 is 2.67 bits per heavy atom. The van der Waals surface area contributed by atoms with E-state index >= 15 is 0 Å². The minimum absolute atomic E-state index is 0.102. The zero-order chi connectivity index (χ0) is 13.7. The maximum atomic E-state index is 12.1. The first kappa shape index (κ1) is 14.8. The van der Waals surface area contributed by atoms with E-state index < -0.39 is 0 Å². The van der Waals surface area contributed by atoms with Crippen LogP contribution < -0.4 is 11.1 Å². The van der Waals surface area contributed by atoms with Crippen LogP contribution in [-0.4, -0.2) is 16.9 Å². The summed E-state index contributed by atoms with van der Waals surface area (Å²) in [5, 5.41) is 3.13. The second kappa shape index (κ2) is 6.59. The van der Waals surface area contributed by atoms with Gasteiger partial charge in [0.1, 0.15) is 5.15 Å². The Labute approximate surface area is 113 Å². The van der Waals surface area contributed by atoms with Crippen LogP contribution >= 0.6 is 11.6 Å². The molecule has 100 valence electrons. The minimum atomic E-state index is -0.223. The number of carbonyl (C=O) groups is 1. The summed E-state index contributed by atoms with van der Waals surface area (Å²) in [4.78, 5) is 15.9. The van der Waals surface area contributed by atoms with Crippen molar-refractivity contribution in [2.24, 2.45) is 5.92 Å². The maximum Gasteiger partial charge on any atom is 0.254 e. The summed E-state index contributed by atoms with van der Waals surface area (Å²) < 4.78 is 0. The molecule has 18 heavy (non-hydrogen) atoms. The highest BCUT2D eigenvalue weighted by molar-refractivity contribution is 6.32. The van der Waals surface area contributed by atoms with Crippen molar-refractivity contribution < 1.29 is 4.79 Å². The van der Waals surface area contributed by atoms with Gasteiger partial charge >= 0.3 is 0 Å². The molecule has 0 spiro atoms. The number of halogens is 1. The second-order valence-electron chi connectivity index (χ2n) is 4.45. The summed E-state index contributed by atoms with van der Waals surface area (Å²) in [6.07, 6.45) is 3.49. The summed E-state index contributed by atoms with van der Waals surface area (Å²) >= 11 is 5.89. The van der Waals surface area contributed by atoms with Crippen LogP contribution in [0.25, 0.3) is 0 Å². The van der Waals surface area contributed by atoms with E-state index in [0.29, 0.717) is 17.2 Å². The van der Waals surface area contributed by atoms with Gasteiger partial charge in [-0.2, -0.15) is 0 Å². The summed E-state index contributed by atoms with van der Waals surface area (Å²) in [5.41, 5.74) is 6.37. The molecule has 1 aromatic heterocycles. The molecule has 0 aliphatic rings. The summed E-state index contributed by atoms with van der Waals surface area (Å²) in [6.45, 7) is 6.24. The molecule has 0 bridgehead atoms. The average Bonchev–Trinajstić information content (AvgIpc) is 2.33. The number of nitrogens with zero attached hydrogens (tertiary/aromatic N) is 1. The highest BCUT2D eigenvalue weighted by Gasteiger charge is 2.18. The van der Waals surface area contributed by atoms with Gasteiger partial charge in [-0.1, -0.05) is 38.3 Å². The summed E-state index contributed by atoms with van der Waals surface area (Å²) in [7, 11) is 0. The normalized spacial score (nSPS) is 12.5. The molecule has 4 nitrogen and oxygen atoms in total. The molecule has 3 N–H and O–H groups in total. The number of anilines is 1. The fourth-order valence-electron chi connectivity index (χ4n) is 2.02. The molecule has 5 heteroatoms. The van der Waals surface area contributed by atoms with Gasteiger partial charge in [0.25, 0.3) is 5.91 Å². The van der Waals surface area contributed by atoms with Crippen LogP contribution in [0.2, 0.25) is 5.15 Å². The quantitative estimate of drug-likeness (QED) is 0.808. The average molecular weight is 270 g/mol. The number of hydrogen-bond acceptors (Lipinski definition) is 3. The lowest BCUT2D eigenvalue weighted by atomic mass is 9.95. The molecule has 1 aromatic rings. The molecule has 0 saturated carbocycles. The van der Waals surface area contributed by atoms with Gasteiger partial charge in [-0.15, -0.1) is 0 Å². The molecule has 1 rings (SSSR count). The lowest BCUT2D eigenvalue weighted by Gasteiger charge is -2.22. The fraction of sp³-hybridized carbons (Fsp3) is 0.538. The number of nitrogens with one attached hydrogen (secondary N) is 1. The van der Waals surface area contributed by atoms with Crippen LogP contribution in [0.15, 0.2) is 12.3 Å². The minimum Gasteiger partial charge on any atom is -0.397 e. The standard InChI is InChI=1S/C13H20ClN3O/c1-4-9(5-2)8(3)17-13(18)11-6-10(15)7-16-12(11)14/h6-9H,4-5,15H2,1-3H3,(H,17,18). The highest BCUT2D eigenvalue weighted by Crippen LogP contribution is 2.17. The van der Waals surface area contributed by atoms with Crippen molar-refractivity contribution in [3.05, 3.63) is 23.0 Å². The van der Waals surface area contributed by atoms with E-state index in [9.17, 15) is 4.79 Å². The number of carbonyl (C=O) groups excluding carboxylic acids is 1. The molecular formula is C13H20ClN3O. The Hall–Kier alpha value is -1.29. The number of nitrogen functional groups attached to an aromatic ring is 1. The lowest BCUT2D eigenvalue weighted by molar-refractivity contribution is 0.0925. The fourth-order valence-corrected chi connectivity index (χ4v) is 2.21. The predicted molar refractivity (Wildman–Crippen MR) is 74.7 cm³/mol. The van der Waals surface area contributed by atoms with E-state index in [1.165, 1.54) is 6.20 Å². The molecule has 1 amide bonds. The zero-order valence-corrected chi connectivity index (χ0v) is 11.8. The van der Waals surface area contributed by atoms with Gasteiger partial charge in [-0.3, -0.25) is 4.79 Å². The molecule has 0 fully saturated rings. The van der Waals surface area contributed by atoms with Crippen LogP contribution in [0, 0.1) is 5.92 Å². The first-order valence-corrected chi connectivity index (χ1v) is 6.59. The largest absolute Gasteiger partial charge is 0.397 e. The third kappa shape index (κ3) is 3.60. The Morgan fingerprint density at radius 1 is 1.50 bits per heavy atom. The van der Waals surface area contributed by atoms with Gasteiger partial charge in [0.2, 0.25) is 0 Å². The van der Waals surface area contributed by atoms with Crippen molar-refractivity contribution >= 4 is 23.2 Å². The van der Waals surface area contributed by atoms with Gasteiger partial charge in [0.05, 0.1) is 17.4 Å². The number of hydrogen-bond donors (Lipinski definition) is 2. The van der Waals surface area contributed by atoms with E-state index in [1.807, 2.05) is 6.92 Å². The Kier molecular flexibility index (Phi) is 5.41. The Morgan fingerprint density at radius 2 is 2.11 bits per heavy atom. The van der Waals surface area contributed by atoms with Crippen LogP contribution in [0.1, 0.15) is 44.0 Å². The Balaban J connectivity index is 2.79. The molecule has 1 heterocycles. The van der Waals surface area contributed by atoms with Gasteiger partial charge in [0, 0.05) is 6.04 Å². The molecule has 0 aliphatic heterocycles. The molecule has 1 unspecified atom stereocenters. The van der Waals surface area contributed by atoms with Gasteiger partial charge < -0.3 is 11.1 Å². The van der Waals surface area contributed by atoms with Crippen LogP contribution in [-0.2, 0) is 0 Å². The second-order valence-corrected chi connectivity index (χ2v) is 4.80. The van der Waals surface area contributed by atoms with Crippen LogP contribution in [0.4, 0.5) is 5.69 Å². The molecule has 0 aliphatic carbocycles. The molecule has 0 saturated heterocycles. The number of nitrogens with two attached hydrogens (primary N) is 1.